The van der Waals surface area contributed by atoms with Gasteiger partial charge in [0.05, 0.1) is 25.9 Å². The van der Waals surface area contributed by atoms with Crippen LogP contribution in [0.1, 0.15) is 19.3 Å². The lowest BCUT2D eigenvalue weighted by Gasteiger charge is -2.38. The van der Waals surface area contributed by atoms with Gasteiger partial charge in [-0.3, -0.25) is 4.90 Å². The van der Waals surface area contributed by atoms with Crippen LogP contribution in [-0.2, 0) is 9.47 Å². The molecule has 1 saturated carbocycles. The van der Waals surface area contributed by atoms with Crippen LogP contribution in [0.25, 0.3) is 0 Å². The van der Waals surface area contributed by atoms with Crippen LogP contribution in [0.15, 0.2) is 24.4 Å². The van der Waals surface area contributed by atoms with Crippen LogP contribution in [0, 0.1) is 11.8 Å². The number of fused-ring (bicyclic) bond motifs is 1. The van der Waals surface area contributed by atoms with Crippen LogP contribution in [0.5, 0.6) is 5.88 Å². The highest BCUT2D eigenvalue weighted by Gasteiger charge is 2.41. The summed E-state index contributed by atoms with van der Waals surface area (Å²) in [5.41, 5.74) is 0. The zero-order valence-electron chi connectivity index (χ0n) is 13.6. The van der Waals surface area contributed by atoms with E-state index in [1.807, 2.05) is 18.2 Å². The summed E-state index contributed by atoms with van der Waals surface area (Å²) >= 11 is 0. The van der Waals surface area contributed by atoms with Crippen LogP contribution < -0.4 is 4.74 Å². The van der Waals surface area contributed by atoms with E-state index >= 15 is 0 Å². The minimum Gasteiger partial charge on any atom is -0.477 e. The van der Waals surface area contributed by atoms with Crippen LogP contribution >= 0.6 is 0 Å². The molecule has 3 aliphatic rings. The first kappa shape index (κ1) is 15.4. The Kier molecular flexibility index (Phi) is 4.78. The van der Waals surface area contributed by atoms with Crippen LogP contribution in [0.3, 0.4) is 0 Å². The van der Waals surface area contributed by atoms with Gasteiger partial charge in [0, 0.05) is 38.0 Å². The molecule has 0 spiro atoms. The molecule has 126 valence electrons. The maximum absolute atomic E-state index is 6.03. The van der Waals surface area contributed by atoms with Gasteiger partial charge < -0.3 is 14.2 Å². The lowest BCUT2D eigenvalue weighted by Crippen LogP contribution is -2.50. The van der Waals surface area contributed by atoms with E-state index in [0.29, 0.717) is 24.0 Å². The Bertz CT molecular complexity index is 492. The second-order valence-electron chi connectivity index (χ2n) is 7.02. The summed E-state index contributed by atoms with van der Waals surface area (Å²) in [6.07, 6.45) is 5.64. The Hall–Kier alpha value is -1.17. The number of hydrogen-bond acceptors (Lipinski definition) is 5. The molecule has 2 saturated heterocycles. The van der Waals surface area contributed by atoms with E-state index < -0.39 is 0 Å². The lowest BCUT2D eigenvalue weighted by molar-refractivity contribution is -0.0605. The Morgan fingerprint density at radius 3 is 3.04 bits per heavy atom. The molecule has 5 heteroatoms. The van der Waals surface area contributed by atoms with Gasteiger partial charge in [-0.05, 0) is 37.2 Å². The van der Waals surface area contributed by atoms with Gasteiger partial charge in [0.25, 0.3) is 0 Å². The highest BCUT2D eigenvalue weighted by molar-refractivity contribution is 5.09. The maximum atomic E-state index is 6.03. The summed E-state index contributed by atoms with van der Waals surface area (Å²) in [5.74, 6) is 1.99. The van der Waals surface area contributed by atoms with Crippen LogP contribution in [0.4, 0.5) is 0 Å². The first-order chi connectivity index (χ1) is 11.4. The predicted molar refractivity (Wildman–Crippen MR) is 86.5 cm³/mol. The molecule has 0 amide bonds. The zero-order chi connectivity index (χ0) is 15.5. The molecule has 2 aliphatic heterocycles. The van der Waals surface area contributed by atoms with Crippen molar-refractivity contribution in [3.05, 3.63) is 24.4 Å². The summed E-state index contributed by atoms with van der Waals surface area (Å²) < 4.78 is 17.4. The van der Waals surface area contributed by atoms with Gasteiger partial charge in [-0.1, -0.05) is 6.07 Å². The fraction of sp³-hybridized carbons (Fsp3) is 0.722. The minimum atomic E-state index is 0.378. The molecule has 0 radical (unpaired) electrons. The van der Waals surface area contributed by atoms with Gasteiger partial charge >= 0.3 is 0 Å². The monoisotopic (exact) mass is 318 g/mol. The van der Waals surface area contributed by atoms with Gasteiger partial charge in [0.1, 0.15) is 0 Å². The topological polar surface area (TPSA) is 43.8 Å². The number of nitrogens with zero attached hydrogens (tertiary/aromatic N) is 2. The van der Waals surface area contributed by atoms with Crippen molar-refractivity contribution < 1.29 is 14.2 Å². The molecule has 0 N–H and O–H groups in total. The zero-order valence-corrected chi connectivity index (χ0v) is 13.6. The van der Waals surface area contributed by atoms with Crippen molar-refractivity contribution in [1.82, 2.24) is 9.88 Å². The second-order valence-corrected chi connectivity index (χ2v) is 7.02. The smallest absolute Gasteiger partial charge is 0.213 e. The van der Waals surface area contributed by atoms with E-state index in [4.69, 9.17) is 14.2 Å². The SMILES string of the molecule is c1ccc(OCC2C[C@@H]3[C@@H](C2)OCCN3CC2CCOC2)nc1. The highest BCUT2D eigenvalue weighted by atomic mass is 16.5. The number of morpholine rings is 1. The molecule has 2 unspecified atom stereocenters. The third-order valence-electron chi connectivity index (χ3n) is 5.37. The molecule has 5 nitrogen and oxygen atoms in total. The first-order valence-electron chi connectivity index (χ1n) is 8.85. The molecule has 3 fully saturated rings. The molecule has 23 heavy (non-hydrogen) atoms. The Balaban J connectivity index is 1.31. The van der Waals surface area contributed by atoms with Crippen molar-refractivity contribution in [2.75, 3.05) is 39.5 Å². The van der Waals surface area contributed by atoms with Crippen molar-refractivity contribution in [2.45, 2.75) is 31.4 Å². The molecule has 0 bridgehead atoms. The Morgan fingerprint density at radius 2 is 2.22 bits per heavy atom. The second kappa shape index (κ2) is 7.16. The number of pyridine rings is 1. The van der Waals surface area contributed by atoms with E-state index in [2.05, 4.69) is 9.88 Å². The molecule has 1 aromatic rings. The van der Waals surface area contributed by atoms with E-state index in [1.54, 1.807) is 6.20 Å². The summed E-state index contributed by atoms with van der Waals surface area (Å²) in [5, 5.41) is 0. The van der Waals surface area contributed by atoms with Gasteiger partial charge in [-0.2, -0.15) is 0 Å². The molecule has 1 aliphatic carbocycles. The predicted octanol–water partition coefficient (Wildman–Crippen LogP) is 1.98. The first-order valence-corrected chi connectivity index (χ1v) is 8.85. The average molecular weight is 318 g/mol. The van der Waals surface area contributed by atoms with Crippen LogP contribution in [0.2, 0.25) is 0 Å². The molecule has 0 aromatic carbocycles. The Labute approximate surface area is 137 Å². The summed E-state index contributed by atoms with van der Waals surface area (Å²) in [6.45, 7) is 5.70. The van der Waals surface area contributed by atoms with Crippen LogP contribution in [-0.4, -0.2) is 61.5 Å². The van der Waals surface area contributed by atoms with Gasteiger partial charge in [0.15, 0.2) is 0 Å². The standard InChI is InChI=1S/C18H26N2O3/c1-2-5-19-18(3-1)23-13-15-9-16-17(10-15)22-8-6-20(16)11-14-4-7-21-12-14/h1-3,5,14-17H,4,6-13H2/t14?,15?,16-,17-/m1/s1. The fourth-order valence-corrected chi connectivity index (χ4v) is 4.18. The quantitative estimate of drug-likeness (QED) is 0.830. The maximum Gasteiger partial charge on any atom is 0.213 e. The van der Waals surface area contributed by atoms with Gasteiger partial charge in [0.2, 0.25) is 5.88 Å². The highest BCUT2D eigenvalue weighted by Crippen LogP contribution is 2.35. The summed E-state index contributed by atoms with van der Waals surface area (Å²) in [6, 6.07) is 6.35. The molecule has 4 rings (SSSR count). The molecular formula is C18H26N2O3. The summed E-state index contributed by atoms with van der Waals surface area (Å²) in [7, 11) is 0. The largest absolute Gasteiger partial charge is 0.477 e. The molecule has 4 atom stereocenters. The van der Waals surface area contributed by atoms with E-state index in [9.17, 15) is 0 Å². The lowest BCUT2D eigenvalue weighted by atomic mass is 10.0. The molecule has 1 aromatic heterocycles. The van der Waals surface area contributed by atoms with E-state index in [-0.39, 0.29) is 0 Å². The van der Waals surface area contributed by atoms with Gasteiger partial charge in [-0.25, -0.2) is 4.98 Å². The Morgan fingerprint density at radius 1 is 1.22 bits per heavy atom. The summed E-state index contributed by atoms with van der Waals surface area (Å²) in [4.78, 5) is 6.88. The molecular weight excluding hydrogens is 292 g/mol. The fourth-order valence-electron chi connectivity index (χ4n) is 4.18. The van der Waals surface area contributed by atoms with Crippen molar-refractivity contribution in [2.24, 2.45) is 11.8 Å². The van der Waals surface area contributed by atoms with E-state index in [0.717, 1.165) is 45.3 Å². The normalized spacial score (nSPS) is 34.4. The number of hydrogen-bond donors (Lipinski definition) is 0. The number of aromatic nitrogens is 1. The third-order valence-corrected chi connectivity index (χ3v) is 5.37. The third kappa shape index (κ3) is 3.67. The van der Waals surface area contributed by atoms with Gasteiger partial charge in [-0.15, -0.1) is 0 Å². The van der Waals surface area contributed by atoms with Crippen molar-refractivity contribution in [1.29, 1.82) is 0 Å². The number of ether oxygens (including phenoxy) is 3. The molecule has 3 heterocycles. The minimum absolute atomic E-state index is 0.378. The number of rotatable bonds is 5. The van der Waals surface area contributed by atoms with Crippen molar-refractivity contribution >= 4 is 0 Å². The average Bonchev–Trinajstić information content (AvgIpc) is 3.23. The van der Waals surface area contributed by atoms with Crippen molar-refractivity contribution in [3.8, 4) is 5.88 Å². The van der Waals surface area contributed by atoms with E-state index in [1.165, 1.54) is 19.4 Å². The van der Waals surface area contributed by atoms with Crippen molar-refractivity contribution in [3.63, 3.8) is 0 Å².